The lowest BCUT2D eigenvalue weighted by Crippen LogP contribution is -2.36. The SMILES string of the molecule is C/C=C/C(=N\NCc1cc(Cl)ccc1OCC(C)C)NC(=O)OC1CCC(CN2CCCC2)CC1. The van der Waals surface area contributed by atoms with Crippen LogP contribution in [0.3, 0.4) is 0 Å². The summed E-state index contributed by atoms with van der Waals surface area (Å²) in [6.07, 6.45) is 9.80. The van der Waals surface area contributed by atoms with E-state index in [0.29, 0.717) is 29.9 Å². The van der Waals surface area contributed by atoms with Gasteiger partial charge in [0.1, 0.15) is 11.9 Å². The van der Waals surface area contributed by atoms with Crippen LogP contribution >= 0.6 is 11.6 Å². The first-order valence-corrected chi connectivity index (χ1v) is 13.3. The Balaban J connectivity index is 1.46. The topological polar surface area (TPSA) is 75.2 Å². The molecule has 0 unspecified atom stereocenters. The number of nitrogens with zero attached hydrogens (tertiary/aromatic N) is 2. The summed E-state index contributed by atoms with van der Waals surface area (Å²) in [6, 6.07) is 5.54. The number of amides is 1. The number of carbonyl (C=O) groups excluding carboxylic acids is 1. The van der Waals surface area contributed by atoms with Crippen LogP contribution in [0.2, 0.25) is 5.02 Å². The van der Waals surface area contributed by atoms with Crippen LogP contribution in [0.5, 0.6) is 5.75 Å². The minimum absolute atomic E-state index is 0.0308. The minimum Gasteiger partial charge on any atom is -0.493 e. The fraction of sp³-hybridized carbons (Fsp3) is 0.630. The molecule has 3 rings (SSSR count). The van der Waals surface area contributed by atoms with Crippen molar-refractivity contribution in [3.8, 4) is 5.75 Å². The summed E-state index contributed by atoms with van der Waals surface area (Å²) in [5, 5.41) is 7.74. The van der Waals surface area contributed by atoms with Gasteiger partial charge in [-0.3, -0.25) is 5.32 Å². The van der Waals surface area contributed by atoms with E-state index in [-0.39, 0.29) is 6.10 Å². The van der Waals surface area contributed by atoms with Gasteiger partial charge in [0.15, 0.2) is 5.84 Å². The monoisotopic (exact) mass is 504 g/mol. The fourth-order valence-corrected chi connectivity index (χ4v) is 4.80. The molecule has 1 saturated carbocycles. The number of amidine groups is 1. The molecule has 1 saturated heterocycles. The summed E-state index contributed by atoms with van der Waals surface area (Å²) < 4.78 is 11.6. The number of hydrazone groups is 1. The Morgan fingerprint density at radius 3 is 2.66 bits per heavy atom. The van der Waals surface area contributed by atoms with Gasteiger partial charge in [0.2, 0.25) is 0 Å². The van der Waals surface area contributed by atoms with Crippen LogP contribution in [0.15, 0.2) is 35.5 Å². The second kappa shape index (κ2) is 14.3. The molecule has 0 radical (unpaired) electrons. The number of allylic oxidation sites excluding steroid dienone is 1. The van der Waals surface area contributed by atoms with Crippen molar-refractivity contribution in [2.45, 2.75) is 71.9 Å². The van der Waals surface area contributed by atoms with Gasteiger partial charge in [0, 0.05) is 17.1 Å². The number of rotatable bonds is 10. The lowest BCUT2D eigenvalue weighted by atomic mass is 9.87. The summed E-state index contributed by atoms with van der Waals surface area (Å²) in [5.74, 6) is 2.31. The molecule has 1 aromatic rings. The number of alkyl carbamates (subject to hydrolysis) is 1. The molecule has 194 valence electrons. The van der Waals surface area contributed by atoms with Crippen molar-refractivity contribution in [3.05, 3.63) is 40.9 Å². The summed E-state index contributed by atoms with van der Waals surface area (Å²) >= 11 is 6.18. The zero-order chi connectivity index (χ0) is 25.0. The molecule has 1 heterocycles. The predicted molar refractivity (Wildman–Crippen MR) is 142 cm³/mol. The van der Waals surface area contributed by atoms with E-state index >= 15 is 0 Å². The second-order valence-corrected chi connectivity index (χ2v) is 10.4. The number of benzene rings is 1. The van der Waals surface area contributed by atoms with E-state index in [0.717, 1.165) is 42.9 Å². The van der Waals surface area contributed by atoms with Crippen LogP contribution in [-0.2, 0) is 11.3 Å². The molecule has 1 aliphatic carbocycles. The Kier molecular flexibility index (Phi) is 11.2. The van der Waals surface area contributed by atoms with Crippen molar-refractivity contribution in [1.29, 1.82) is 0 Å². The van der Waals surface area contributed by atoms with E-state index in [2.05, 4.69) is 34.6 Å². The zero-order valence-corrected chi connectivity index (χ0v) is 22.2. The van der Waals surface area contributed by atoms with Crippen molar-refractivity contribution in [1.82, 2.24) is 15.6 Å². The van der Waals surface area contributed by atoms with Crippen LogP contribution in [0.25, 0.3) is 0 Å². The summed E-state index contributed by atoms with van der Waals surface area (Å²) in [4.78, 5) is 15.1. The van der Waals surface area contributed by atoms with Crippen molar-refractivity contribution in [2.24, 2.45) is 16.9 Å². The van der Waals surface area contributed by atoms with Crippen molar-refractivity contribution >= 4 is 23.5 Å². The normalized spacial score (nSPS) is 21.5. The molecule has 1 aromatic carbocycles. The van der Waals surface area contributed by atoms with E-state index in [1.165, 1.54) is 32.5 Å². The summed E-state index contributed by atoms with van der Waals surface area (Å²) in [5.41, 5.74) is 3.91. The number of halogens is 1. The highest BCUT2D eigenvalue weighted by atomic mass is 35.5. The maximum atomic E-state index is 12.5. The van der Waals surface area contributed by atoms with Crippen LogP contribution in [0.4, 0.5) is 4.79 Å². The number of hydrogen-bond acceptors (Lipinski definition) is 6. The largest absolute Gasteiger partial charge is 0.493 e. The number of ether oxygens (including phenoxy) is 2. The molecule has 0 bridgehead atoms. The first-order valence-electron chi connectivity index (χ1n) is 13.0. The molecule has 2 aliphatic rings. The summed E-state index contributed by atoms with van der Waals surface area (Å²) in [6.45, 7) is 10.8. The van der Waals surface area contributed by atoms with Crippen LogP contribution in [0, 0.1) is 11.8 Å². The molecule has 0 spiro atoms. The molecule has 7 nitrogen and oxygen atoms in total. The van der Waals surface area contributed by atoms with Crippen molar-refractivity contribution in [2.75, 3.05) is 26.2 Å². The van der Waals surface area contributed by atoms with Crippen LogP contribution < -0.4 is 15.5 Å². The number of hydrogen-bond donors (Lipinski definition) is 2. The van der Waals surface area contributed by atoms with Gasteiger partial charge in [-0.1, -0.05) is 31.5 Å². The van der Waals surface area contributed by atoms with E-state index in [1.807, 2.05) is 31.2 Å². The van der Waals surface area contributed by atoms with Gasteiger partial charge in [-0.15, -0.1) is 0 Å². The van der Waals surface area contributed by atoms with E-state index in [9.17, 15) is 4.79 Å². The highest BCUT2D eigenvalue weighted by Gasteiger charge is 2.26. The third-order valence-electron chi connectivity index (χ3n) is 6.40. The zero-order valence-electron chi connectivity index (χ0n) is 21.4. The molecule has 2 fully saturated rings. The predicted octanol–water partition coefficient (Wildman–Crippen LogP) is 5.73. The van der Waals surface area contributed by atoms with Crippen LogP contribution in [0.1, 0.15) is 64.9 Å². The van der Waals surface area contributed by atoms with Gasteiger partial charge in [-0.25, -0.2) is 4.79 Å². The molecular formula is C27H41ClN4O3. The molecule has 2 N–H and O–H groups in total. The first kappa shape index (κ1) is 27.3. The van der Waals surface area contributed by atoms with E-state index in [4.69, 9.17) is 21.1 Å². The minimum atomic E-state index is -0.463. The molecule has 1 amide bonds. The second-order valence-electron chi connectivity index (χ2n) is 9.97. The maximum Gasteiger partial charge on any atom is 0.413 e. The first-order chi connectivity index (χ1) is 16.9. The van der Waals surface area contributed by atoms with Crippen LogP contribution in [-0.4, -0.2) is 49.2 Å². The highest BCUT2D eigenvalue weighted by Crippen LogP contribution is 2.28. The Hall–Kier alpha value is -2.25. The fourth-order valence-electron chi connectivity index (χ4n) is 4.61. The Morgan fingerprint density at radius 2 is 1.97 bits per heavy atom. The standard InChI is InChI=1S/C27H41ClN4O3/c1-4-7-26(31-29-17-22-16-23(28)10-13-25(22)34-19-20(2)3)30-27(33)35-24-11-8-21(9-12-24)18-32-14-5-6-15-32/h4,7,10,13,16,20-21,24,29H,5-6,8-9,11-12,14-15,17-19H2,1-3H3,(H,30,31,33)/b7-4+. The molecule has 8 heteroatoms. The lowest BCUT2D eigenvalue weighted by molar-refractivity contribution is 0.0626. The van der Waals surface area contributed by atoms with Gasteiger partial charge < -0.3 is 19.8 Å². The van der Waals surface area contributed by atoms with Gasteiger partial charge in [0.25, 0.3) is 0 Å². The molecule has 0 aromatic heterocycles. The van der Waals surface area contributed by atoms with Gasteiger partial charge in [-0.2, -0.15) is 5.10 Å². The average Bonchev–Trinajstić information content (AvgIpc) is 3.33. The van der Waals surface area contributed by atoms with Crippen molar-refractivity contribution < 1.29 is 14.3 Å². The molecular weight excluding hydrogens is 464 g/mol. The van der Waals surface area contributed by atoms with Gasteiger partial charge in [0.05, 0.1) is 13.2 Å². The third kappa shape index (κ3) is 9.73. The quantitative estimate of drug-likeness (QED) is 0.241. The third-order valence-corrected chi connectivity index (χ3v) is 6.64. The Bertz CT molecular complexity index is 860. The smallest absolute Gasteiger partial charge is 0.413 e. The van der Waals surface area contributed by atoms with Gasteiger partial charge in [-0.05, 0) is 94.6 Å². The molecule has 35 heavy (non-hydrogen) atoms. The summed E-state index contributed by atoms with van der Waals surface area (Å²) in [7, 11) is 0. The highest BCUT2D eigenvalue weighted by molar-refractivity contribution is 6.30. The van der Waals surface area contributed by atoms with E-state index in [1.54, 1.807) is 6.08 Å². The van der Waals surface area contributed by atoms with Gasteiger partial charge >= 0.3 is 6.09 Å². The average molecular weight is 505 g/mol. The van der Waals surface area contributed by atoms with E-state index < -0.39 is 6.09 Å². The molecule has 1 aliphatic heterocycles. The lowest BCUT2D eigenvalue weighted by Gasteiger charge is -2.30. The number of carbonyl (C=O) groups is 1. The number of nitrogens with one attached hydrogen (secondary N) is 2. The van der Waals surface area contributed by atoms with Crippen molar-refractivity contribution in [3.63, 3.8) is 0 Å². The molecule has 0 atom stereocenters. The Labute approximate surface area is 215 Å². The number of likely N-dealkylation sites (tertiary alicyclic amines) is 1. The maximum absolute atomic E-state index is 12.5. The Morgan fingerprint density at radius 1 is 1.23 bits per heavy atom.